The van der Waals surface area contributed by atoms with Gasteiger partial charge < -0.3 is 9.88 Å². The Morgan fingerprint density at radius 3 is 2.70 bits per heavy atom. The molecule has 2 aromatic rings. The molecular formula is C15H15F3N2O2S. The number of halogens is 3. The fourth-order valence-electron chi connectivity index (χ4n) is 2.03. The maximum absolute atomic E-state index is 12.6. The van der Waals surface area contributed by atoms with Crippen molar-refractivity contribution in [1.82, 2.24) is 9.88 Å². The number of aryl methyl sites for hydroxylation is 1. The van der Waals surface area contributed by atoms with Gasteiger partial charge in [-0.05, 0) is 24.6 Å². The Kier molecular flexibility index (Phi) is 5.25. The van der Waals surface area contributed by atoms with E-state index < -0.39 is 11.7 Å². The van der Waals surface area contributed by atoms with E-state index in [1.165, 1.54) is 16.7 Å². The number of nitrogens with one attached hydrogen (secondary N) is 1. The van der Waals surface area contributed by atoms with Crippen LogP contribution < -0.4 is 10.2 Å². The predicted octanol–water partition coefficient (Wildman–Crippen LogP) is 2.94. The molecule has 0 radical (unpaired) electrons. The van der Waals surface area contributed by atoms with Gasteiger partial charge in [-0.2, -0.15) is 13.2 Å². The average molecular weight is 344 g/mol. The van der Waals surface area contributed by atoms with Crippen molar-refractivity contribution in [2.75, 3.05) is 0 Å². The SMILES string of the molecule is Cc1csc(=O)n1CCC(=O)NCc1cccc(C(F)(F)F)c1. The van der Waals surface area contributed by atoms with E-state index in [0.29, 0.717) is 5.56 Å². The van der Waals surface area contributed by atoms with Crippen LogP contribution in [0.4, 0.5) is 13.2 Å². The van der Waals surface area contributed by atoms with Crippen molar-refractivity contribution in [3.8, 4) is 0 Å². The molecule has 0 aliphatic rings. The smallest absolute Gasteiger partial charge is 0.352 e. The molecule has 2 rings (SSSR count). The maximum atomic E-state index is 12.6. The highest BCUT2D eigenvalue weighted by molar-refractivity contribution is 7.07. The van der Waals surface area contributed by atoms with Crippen LogP contribution in [0.3, 0.4) is 0 Å². The van der Waals surface area contributed by atoms with E-state index in [9.17, 15) is 22.8 Å². The largest absolute Gasteiger partial charge is 0.416 e. The van der Waals surface area contributed by atoms with Crippen molar-refractivity contribution in [2.45, 2.75) is 32.6 Å². The first-order valence-corrected chi connectivity index (χ1v) is 7.73. The van der Waals surface area contributed by atoms with E-state index in [2.05, 4.69) is 5.32 Å². The molecule has 0 aliphatic carbocycles. The molecule has 0 saturated heterocycles. The summed E-state index contributed by atoms with van der Waals surface area (Å²) in [6.07, 6.45) is -4.31. The van der Waals surface area contributed by atoms with Crippen LogP contribution in [0.25, 0.3) is 0 Å². The summed E-state index contributed by atoms with van der Waals surface area (Å²) in [6.45, 7) is 2.04. The number of benzene rings is 1. The molecule has 23 heavy (non-hydrogen) atoms. The number of rotatable bonds is 5. The van der Waals surface area contributed by atoms with E-state index in [4.69, 9.17) is 0 Å². The number of hydrogen-bond donors (Lipinski definition) is 1. The molecule has 1 N–H and O–H groups in total. The zero-order valence-corrected chi connectivity index (χ0v) is 13.1. The standard InChI is InChI=1S/C15H15F3N2O2S/c1-10-9-23-14(22)20(10)6-5-13(21)19-8-11-3-2-4-12(7-11)15(16,17)18/h2-4,7,9H,5-6,8H2,1H3,(H,19,21). The fourth-order valence-corrected chi connectivity index (χ4v) is 2.80. The second-order valence-electron chi connectivity index (χ2n) is 5.02. The van der Waals surface area contributed by atoms with Crippen LogP contribution in [0.15, 0.2) is 34.4 Å². The van der Waals surface area contributed by atoms with Crippen LogP contribution in [-0.2, 0) is 24.1 Å². The first kappa shape index (κ1) is 17.3. The molecule has 124 valence electrons. The van der Waals surface area contributed by atoms with Gasteiger partial charge in [-0.3, -0.25) is 9.59 Å². The number of amides is 1. The number of carbonyl (C=O) groups excluding carboxylic acids is 1. The van der Waals surface area contributed by atoms with Crippen molar-refractivity contribution in [3.63, 3.8) is 0 Å². The number of hydrogen-bond acceptors (Lipinski definition) is 3. The molecule has 0 unspecified atom stereocenters. The van der Waals surface area contributed by atoms with E-state index in [0.717, 1.165) is 29.2 Å². The van der Waals surface area contributed by atoms with Crippen LogP contribution in [0, 0.1) is 6.92 Å². The molecule has 0 spiro atoms. The van der Waals surface area contributed by atoms with Crippen molar-refractivity contribution in [3.05, 3.63) is 56.1 Å². The van der Waals surface area contributed by atoms with E-state index in [-0.39, 0.29) is 30.3 Å². The van der Waals surface area contributed by atoms with E-state index in [1.807, 2.05) is 0 Å². The zero-order chi connectivity index (χ0) is 17.0. The summed E-state index contributed by atoms with van der Waals surface area (Å²) in [5.41, 5.74) is 0.410. The maximum Gasteiger partial charge on any atom is 0.416 e. The molecule has 0 bridgehead atoms. The van der Waals surface area contributed by atoms with Crippen molar-refractivity contribution >= 4 is 17.2 Å². The number of thiazole rings is 1. The minimum absolute atomic E-state index is 0.0142. The number of alkyl halides is 3. The molecule has 1 aromatic carbocycles. The lowest BCUT2D eigenvalue weighted by atomic mass is 10.1. The molecule has 1 amide bonds. The molecule has 1 aromatic heterocycles. The highest BCUT2D eigenvalue weighted by Gasteiger charge is 2.30. The van der Waals surface area contributed by atoms with Gasteiger partial charge in [0.25, 0.3) is 0 Å². The third-order valence-corrected chi connectivity index (χ3v) is 4.16. The normalized spacial score (nSPS) is 11.5. The topological polar surface area (TPSA) is 51.1 Å². The van der Waals surface area contributed by atoms with Gasteiger partial charge in [-0.25, -0.2) is 0 Å². The number of aromatic nitrogens is 1. The Bertz CT molecular complexity index is 750. The second kappa shape index (κ2) is 6.99. The van der Waals surface area contributed by atoms with Crippen LogP contribution in [0.1, 0.15) is 23.2 Å². The van der Waals surface area contributed by atoms with Crippen molar-refractivity contribution in [2.24, 2.45) is 0 Å². The Morgan fingerprint density at radius 1 is 1.35 bits per heavy atom. The third kappa shape index (κ3) is 4.69. The molecule has 8 heteroatoms. The van der Waals surface area contributed by atoms with Gasteiger partial charge in [0, 0.05) is 30.6 Å². The minimum Gasteiger partial charge on any atom is -0.352 e. The van der Waals surface area contributed by atoms with Gasteiger partial charge in [-0.15, -0.1) is 0 Å². The van der Waals surface area contributed by atoms with Crippen LogP contribution >= 0.6 is 11.3 Å². The van der Waals surface area contributed by atoms with Crippen LogP contribution in [0.2, 0.25) is 0 Å². The molecule has 0 fully saturated rings. The Hall–Kier alpha value is -2.09. The van der Waals surface area contributed by atoms with Gasteiger partial charge in [0.1, 0.15) is 0 Å². The monoisotopic (exact) mass is 344 g/mol. The molecule has 4 nitrogen and oxygen atoms in total. The lowest BCUT2D eigenvalue weighted by Crippen LogP contribution is -2.26. The first-order chi connectivity index (χ1) is 10.8. The Balaban J connectivity index is 1.89. The molecule has 0 saturated carbocycles. The number of carbonyl (C=O) groups is 1. The van der Waals surface area contributed by atoms with Gasteiger partial charge in [0.2, 0.25) is 5.91 Å². The Labute approximate surface area is 134 Å². The molecule has 0 aliphatic heterocycles. The average Bonchev–Trinajstić information content (AvgIpc) is 2.81. The summed E-state index contributed by atoms with van der Waals surface area (Å²) in [4.78, 5) is 23.1. The van der Waals surface area contributed by atoms with E-state index in [1.54, 1.807) is 12.3 Å². The highest BCUT2D eigenvalue weighted by Crippen LogP contribution is 2.29. The molecule has 0 atom stereocenters. The van der Waals surface area contributed by atoms with Gasteiger partial charge in [0.05, 0.1) is 5.56 Å². The van der Waals surface area contributed by atoms with Gasteiger partial charge in [-0.1, -0.05) is 23.5 Å². The summed E-state index contributed by atoms with van der Waals surface area (Å²) in [5, 5.41) is 4.27. The summed E-state index contributed by atoms with van der Waals surface area (Å²) in [7, 11) is 0. The minimum atomic E-state index is -4.41. The zero-order valence-electron chi connectivity index (χ0n) is 12.3. The van der Waals surface area contributed by atoms with Crippen molar-refractivity contribution in [1.29, 1.82) is 0 Å². The summed E-state index contributed by atoms with van der Waals surface area (Å²) in [6, 6.07) is 4.81. The fraction of sp³-hybridized carbons (Fsp3) is 0.333. The molecule has 1 heterocycles. The van der Waals surface area contributed by atoms with Crippen LogP contribution in [-0.4, -0.2) is 10.5 Å². The first-order valence-electron chi connectivity index (χ1n) is 6.85. The lowest BCUT2D eigenvalue weighted by Gasteiger charge is -2.10. The predicted molar refractivity (Wildman–Crippen MR) is 81.2 cm³/mol. The lowest BCUT2D eigenvalue weighted by molar-refractivity contribution is -0.137. The quantitative estimate of drug-likeness (QED) is 0.907. The summed E-state index contributed by atoms with van der Waals surface area (Å²) >= 11 is 1.07. The van der Waals surface area contributed by atoms with E-state index >= 15 is 0 Å². The van der Waals surface area contributed by atoms with Gasteiger partial charge >= 0.3 is 11.0 Å². The third-order valence-electron chi connectivity index (χ3n) is 3.28. The summed E-state index contributed by atoms with van der Waals surface area (Å²) in [5.74, 6) is -0.320. The summed E-state index contributed by atoms with van der Waals surface area (Å²) < 4.78 is 39.3. The van der Waals surface area contributed by atoms with Crippen molar-refractivity contribution < 1.29 is 18.0 Å². The molecular weight excluding hydrogens is 329 g/mol. The highest BCUT2D eigenvalue weighted by atomic mass is 32.1. The van der Waals surface area contributed by atoms with Crippen LogP contribution in [0.5, 0.6) is 0 Å². The number of nitrogens with zero attached hydrogens (tertiary/aromatic N) is 1. The Morgan fingerprint density at radius 2 is 2.09 bits per heavy atom. The second-order valence-corrected chi connectivity index (χ2v) is 5.84. The van der Waals surface area contributed by atoms with Gasteiger partial charge in [0.15, 0.2) is 0 Å².